The van der Waals surface area contributed by atoms with Crippen molar-refractivity contribution in [3.05, 3.63) is 47.5 Å². The van der Waals surface area contributed by atoms with Crippen molar-refractivity contribution in [1.29, 1.82) is 0 Å². The summed E-state index contributed by atoms with van der Waals surface area (Å²) in [7, 11) is 0. The van der Waals surface area contributed by atoms with Crippen molar-refractivity contribution in [3.8, 4) is 11.8 Å². The molecule has 1 aromatic rings. The second-order valence-corrected chi connectivity index (χ2v) is 5.21. The first kappa shape index (κ1) is 13.9. The fraction of sp³-hybridized carbons (Fsp3) is 0.444. The lowest BCUT2D eigenvalue weighted by Gasteiger charge is -2.33. The van der Waals surface area contributed by atoms with E-state index in [1.54, 1.807) is 0 Å². The quantitative estimate of drug-likeness (QED) is 0.729. The molecule has 0 N–H and O–H groups in total. The monoisotopic (exact) mass is 254 g/mol. The zero-order chi connectivity index (χ0) is 13.6. The molecule has 1 aliphatic heterocycles. The largest absolute Gasteiger partial charge is 0.370 e. The lowest BCUT2D eigenvalue weighted by Crippen LogP contribution is -2.34. The van der Waals surface area contributed by atoms with Crippen molar-refractivity contribution in [2.24, 2.45) is 0 Å². The van der Waals surface area contributed by atoms with E-state index in [4.69, 9.17) is 4.74 Å². The summed E-state index contributed by atoms with van der Waals surface area (Å²) in [5, 5.41) is 0. The molecule has 1 atom stereocenters. The van der Waals surface area contributed by atoms with Gasteiger partial charge in [-0.3, -0.25) is 0 Å². The average molecular weight is 254 g/mol. The number of hydrogen-bond acceptors (Lipinski definition) is 1. The molecule has 0 fully saturated rings. The average Bonchev–Trinajstić information content (AvgIpc) is 2.45. The molecule has 1 nitrogen and oxygen atoms in total. The van der Waals surface area contributed by atoms with Gasteiger partial charge in [-0.2, -0.15) is 0 Å². The molecule has 0 bridgehead atoms. The molecular formula is C18H22O. The highest BCUT2D eigenvalue weighted by Gasteiger charge is 2.30. The molecule has 0 saturated heterocycles. The van der Waals surface area contributed by atoms with Crippen LogP contribution in [-0.4, -0.2) is 12.2 Å². The topological polar surface area (TPSA) is 9.23 Å². The zero-order valence-electron chi connectivity index (χ0n) is 11.9. The van der Waals surface area contributed by atoms with Gasteiger partial charge < -0.3 is 4.74 Å². The van der Waals surface area contributed by atoms with Crippen molar-refractivity contribution in [1.82, 2.24) is 0 Å². The number of ether oxygens (including phenoxy) is 1. The Morgan fingerprint density at radius 1 is 1.21 bits per heavy atom. The third-order valence-electron chi connectivity index (χ3n) is 3.58. The maximum atomic E-state index is 6.00. The number of hydrogen-bond donors (Lipinski definition) is 0. The van der Waals surface area contributed by atoms with Gasteiger partial charge in [-0.05, 0) is 31.9 Å². The van der Waals surface area contributed by atoms with Crippen LogP contribution in [0.2, 0.25) is 0 Å². The highest BCUT2D eigenvalue weighted by Crippen LogP contribution is 2.30. The van der Waals surface area contributed by atoms with Crippen molar-refractivity contribution in [2.45, 2.75) is 45.1 Å². The van der Waals surface area contributed by atoms with E-state index in [-0.39, 0.29) is 5.60 Å². The van der Waals surface area contributed by atoms with Crippen LogP contribution in [0.25, 0.3) is 0 Å². The Morgan fingerprint density at radius 2 is 2.00 bits per heavy atom. The molecule has 0 saturated carbocycles. The fourth-order valence-electron chi connectivity index (χ4n) is 2.35. The summed E-state index contributed by atoms with van der Waals surface area (Å²) in [6.07, 6.45) is 6.65. The Hall–Kier alpha value is -1.52. The highest BCUT2D eigenvalue weighted by molar-refractivity contribution is 5.44. The number of rotatable bonds is 3. The molecule has 1 aliphatic rings. The Bertz CT molecular complexity index is 489. The first-order chi connectivity index (χ1) is 9.24. The molecule has 0 aromatic heterocycles. The molecule has 1 heterocycles. The van der Waals surface area contributed by atoms with Gasteiger partial charge in [0.1, 0.15) is 0 Å². The van der Waals surface area contributed by atoms with Crippen LogP contribution in [-0.2, 0) is 4.74 Å². The van der Waals surface area contributed by atoms with Crippen LogP contribution < -0.4 is 0 Å². The van der Waals surface area contributed by atoms with Gasteiger partial charge in [0.05, 0.1) is 12.2 Å². The Kier molecular flexibility index (Phi) is 4.82. The molecule has 1 unspecified atom stereocenters. The maximum Gasteiger partial charge on any atom is 0.0977 e. The first-order valence-electron chi connectivity index (χ1n) is 7.16. The second-order valence-electron chi connectivity index (χ2n) is 5.21. The van der Waals surface area contributed by atoms with Crippen LogP contribution in [0, 0.1) is 11.8 Å². The normalized spacial score (nSPS) is 22.3. The summed E-state index contributed by atoms with van der Waals surface area (Å²) in [6.45, 7) is 5.20. The maximum absolute atomic E-state index is 6.00. The van der Waals surface area contributed by atoms with Gasteiger partial charge in [0.25, 0.3) is 0 Å². The molecule has 0 radical (unpaired) electrons. The van der Waals surface area contributed by atoms with Crippen LogP contribution >= 0.6 is 0 Å². The second kappa shape index (κ2) is 6.59. The molecule has 0 spiro atoms. The molecular weight excluding hydrogens is 232 g/mol. The van der Waals surface area contributed by atoms with Crippen LogP contribution in [0.3, 0.4) is 0 Å². The van der Waals surface area contributed by atoms with E-state index >= 15 is 0 Å². The van der Waals surface area contributed by atoms with Gasteiger partial charge in [0.15, 0.2) is 0 Å². The Balaban J connectivity index is 2.17. The van der Waals surface area contributed by atoms with E-state index in [9.17, 15) is 0 Å². The molecule has 19 heavy (non-hydrogen) atoms. The lowest BCUT2D eigenvalue weighted by atomic mass is 9.87. The van der Waals surface area contributed by atoms with E-state index in [0.717, 1.165) is 30.6 Å². The Morgan fingerprint density at radius 3 is 2.74 bits per heavy atom. The van der Waals surface area contributed by atoms with Gasteiger partial charge in [-0.15, -0.1) is 0 Å². The van der Waals surface area contributed by atoms with E-state index in [1.165, 1.54) is 12.8 Å². The van der Waals surface area contributed by atoms with E-state index in [0.29, 0.717) is 0 Å². The SMILES string of the molecule is CCCCC1(C)OCCC=C1C#Cc1ccccc1. The van der Waals surface area contributed by atoms with Crippen molar-refractivity contribution in [3.63, 3.8) is 0 Å². The summed E-state index contributed by atoms with van der Waals surface area (Å²) >= 11 is 0. The van der Waals surface area contributed by atoms with Crippen LogP contribution in [0.15, 0.2) is 42.0 Å². The minimum Gasteiger partial charge on any atom is -0.370 e. The highest BCUT2D eigenvalue weighted by atomic mass is 16.5. The third kappa shape index (κ3) is 3.72. The minimum absolute atomic E-state index is 0.184. The van der Waals surface area contributed by atoms with Crippen molar-refractivity contribution < 1.29 is 4.74 Å². The van der Waals surface area contributed by atoms with E-state index in [1.807, 2.05) is 30.3 Å². The third-order valence-corrected chi connectivity index (χ3v) is 3.58. The molecule has 1 heteroatoms. The molecule has 1 aromatic carbocycles. The molecule has 0 aliphatic carbocycles. The molecule has 2 rings (SSSR count). The summed E-state index contributed by atoms with van der Waals surface area (Å²) in [4.78, 5) is 0. The minimum atomic E-state index is -0.184. The fourth-order valence-corrected chi connectivity index (χ4v) is 2.35. The number of benzene rings is 1. The molecule has 0 amide bonds. The zero-order valence-corrected chi connectivity index (χ0v) is 11.9. The van der Waals surface area contributed by atoms with Crippen LogP contribution in [0.4, 0.5) is 0 Å². The Labute approximate surface area is 116 Å². The van der Waals surface area contributed by atoms with Gasteiger partial charge in [0.2, 0.25) is 0 Å². The first-order valence-corrected chi connectivity index (χ1v) is 7.16. The summed E-state index contributed by atoms with van der Waals surface area (Å²) in [6, 6.07) is 10.1. The van der Waals surface area contributed by atoms with Crippen molar-refractivity contribution in [2.75, 3.05) is 6.61 Å². The summed E-state index contributed by atoms with van der Waals surface area (Å²) in [5.41, 5.74) is 2.03. The summed E-state index contributed by atoms with van der Waals surface area (Å²) in [5.74, 6) is 6.57. The standard InChI is InChI=1S/C18H22O/c1-3-4-14-18(2)17(11-8-15-19-18)13-12-16-9-6-5-7-10-16/h5-7,9-11H,3-4,8,14-15H2,1-2H3. The predicted octanol–water partition coefficient (Wildman–Crippen LogP) is 4.33. The lowest BCUT2D eigenvalue weighted by molar-refractivity contribution is -0.0138. The predicted molar refractivity (Wildman–Crippen MR) is 79.9 cm³/mol. The van der Waals surface area contributed by atoms with Crippen molar-refractivity contribution >= 4 is 0 Å². The van der Waals surface area contributed by atoms with Gasteiger partial charge in [0, 0.05) is 11.1 Å². The number of unbranched alkanes of at least 4 members (excludes halogenated alkanes) is 1. The molecule has 100 valence electrons. The summed E-state index contributed by atoms with van der Waals surface area (Å²) < 4.78 is 6.00. The van der Waals surface area contributed by atoms with E-state index < -0.39 is 0 Å². The van der Waals surface area contributed by atoms with Gasteiger partial charge in [-0.25, -0.2) is 0 Å². The smallest absolute Gasteiger partial charge is 0.0977 e. The van der Waals surface area contributed by atoms with E-state index in [2.05, 4.69) is 31.8 Å². The van der Waals surface area contributed by atoms with Crippen LogP contribution in [0.5, 0.6) is 0 Å². The van der Waals surface area contributed by atoms with Gasteiger partial charge in [-0.1, -0.05) is 55.9 Å². The van der Waals surface area contributed by atoms with Crippen LogP contribution in [0.1, 0.15) is 45.1 Å². The van der Waals surface area contributed by atoms with Gasteiger partial charge >= 0.3 is 0 Å².